The van der Waals surface area contributed by atoms with Gasteiger partial charge in [-0.2, -0.15) is 0 Å². The van der Waals surface area contributed by atoms with Crippen molar-refractivity contribution in [1.82, 2.24) is 0 Å². The molecule has 0 fully saturated rings. The maximum absolute atomic E-state index is 13.5. The summed E-state index contributed by atoms with van der Waals surface area (Å²) in [5, 5.41) is 13.0. The molecule has 2 rings (SSSR count). The molecule has 0 bridgehead atoms. The molecular weight excluding hydrogens is 345 g/mol. The summed E-state index contributed by atoms with van der Waals surface area (Å²) in [5.74, 6) is -2.21. The number of rotatable bonds is 1. The molecule has 1 aliphatic rings. The Balaban J connectivity index is 0.00000312. The van der Waals surface area contributed by atoms with Gasteiger partial charge in [-0.05, 0) is 30.5 Å². The number of anilines is 1. The van der Waals surface area contributed by atoms with Crippen LogP contribution in [0.3, 0.4) is 0 Å². The minimum atomic E-state index is -0.797. The summed E-state index contributed by atoms with van der Waals surface area (Å²) in [5.41, 5.74) is 1.25. The molecule has 1 aliphatic heterocycles. The van der Waals surface area contributed by atoms with Gasteiger partial charge >= 0.3 is 5.97 Å². The Hall–Kier alpha value is -2.71. The van der Waals surface area contributed by atoms with Crippen LogP contribution in [0.4, 0.5) is 10.1 Å². The van der Waals surface area contributed by atoms with Crippen LogP contribution in [0.2, 0.25) is 0 Å². The SMILES string of the molecule is CNc1cc(O)c2c(c1)/C=C/CCCC(=O)/C(F)=C\CCOC2=O.O.O. The minimum Gasteiger partial charge on any atom is -0.507 e. The molecule has 1 heterocycles. The Morgan fingerprint density at radius 3 is 2.62 bits per heavy atom. The molecule has 0 aromatic heterocycles. The number of hydrogen-bond donors (Lipinski definition) is 2. The summed E-state index contributed by atoms with van der Waals surface area (Å²) in [4.78, 5) is 23.8. The van der Waals surface area contributed by atoms with Crippen LogP contribution >= 0.6 is 0 Å². The van der Waals surface area contributed by atoms with Crippen molar-refractivity contribution < 1.29 is 34.8 Å². The van der Waals surface area contributed by atoms with E-state index in [0.717, 1.165) is 6.08 Å². The van der Waals surface area contributed by atoms with E-state index >= 15 is 0 Å². The highest BCUT2D eigenvalue weighted by Gasteiger charge is 2.18. The number of carbonyl (C=O) groups excluding carboxylic acids is 2. The zero-order valence-electron chi connectivity index (χ0n) is 14.5. The summed E-state index contributed by atoms with van der Waals surface area (Å²) >= 11 is 0. The van der Waals surface area contributed by atoms with E-state index < -0.39 is 17.6 Å². The number of aromatic hydroxyl groups is 1. The van der Waals surface area contributed by atoms with Gasteiger partial charge in [-0.15, -0.1) is 0 Å². The lowest BCUT2D eigenvalue weighted by atomic mass is 10.0. The molecule has 0 radical (unpaired) electrons. The second-order valence-corrected chi connectivity index (χ2v) is 5.40. The standard InChI is InChI=1S/C18H20FNO4.2H2O/c1-20-13-10-12-6-3-2-4-8-15(21)14(19)7-5-9-24-18(23)17(12)16(22)11-13;;/h3,6-7,10-11,20,22H,2,4-5,8-9H2,1H3;2*1H2/b6-3+,14-7+;;. The van der Waals surface area contributed by atoms with Gasteiger partial charge in [-0.3, -0.25) is 4.79 Å². The summed E-state index contributed by atoms with van der Waals surface area (Å²) in [6, 6.07) is 3.17. The third-order valence-corrected chi connectivity index (χ3v) is 3.65. The van der Waals surface area contributed by atoms with Crippen molar-refractivity contribution in [2.75, 3.05) is 19.0 Å². The van der Waals surface area contributed by atoms with Crippen molar-refractivity contribution in [3.8, 4) is 5.75 Å². The number of nitrogens with one attached hydrogen (secondary N) is 1. The quantitative estimate of drug-likeness (QED) is 0.728. The van der Waals surface area contributed by atoms with E-state index in [9.17, 15) is 19.1 Å². The fraction of sp³-hybridized carbons (Fsp3) is 0.333. The van der Waals surface area contributed by atoms with E-state index in [1.165, 1.54) is 6.07 Å². The van der Waals surface area contributed by atoms with Crippen LogP contribution in [0, 0.1) is 0 Å². The van der Waals surface area contributed by atoms with E-state index in [-0.39, 0.29) is 41.7 Å². The number of ether oxygens (including phenoxy) is 1. The minimum absolute atomic E-state index is 0. The Kier molecular flexibility index (Phi) is 9.86. The topological polar surface area (TPSA) is 139 Å². The highest BCUT2D eigenvalue weighted by atomic mass is 19.1. The third-order valence-electron chi connectivity index (χ3n) is 3.65. The Morgan fingerprint density at radius 1 is 1.19 bits per heavy atom. The monoisotopic (exact) mass is 369 g/mol. The molecule has 8 heteroatoms. The number of esters is 1. The second kappa shape index (κ2) is 11.0. The molecule has 1 aromatic carbocycles. The van der Waals surface area contributed by atoms with Gasteiger partial charge in [-0.1, -0.05) is 12.2 Å². The van der Waals surface area contributed by atoms with E-state index in [1.54, 1.807) is 25.3 Å². The van der Waals surface area contributed by atoms with Crippen molar-refractivity contribution in [3.63, 3.8) is 0 Å². The molecular formula is C18H24FNO6. The molecule has 0 atom stereocenters. The van der Waals surface area contributed by atoms with E-state index in [1.807, 2.05) is 0 Å². The van der Waals surface area contributed by atoms with Gasteiger partial charge in [-0.25, -0.2) is 9.18 Å². The molecule has 0 saturated heterocycles. The number of hydrogen-bond acceptors (Lipinski definition) is 5. The predicted molar refractivity (Wildman–Crippen MR) is 96.9 cm³/mol. The first-order chi connectivity index (χ1) is 11.5. The van der Waals surface area contributed by atoms with Crippen molar-refractivity contribution in [2.24, 2.45) is 0 Å². The highest BCUT2D eigenvalue weighted by Crippen LogP contribution is 2.28. The van der Waals surface area contributed by atoms with Crippen LogP contribution < -0.4 is 5.32 Å². The largest absolute Gasteiger partial charge is 0.507 e. The fourth-order valence-corrected chi connectivity index (χ4v) is 2.38. The normalized spacial score (nSPS) is 18.6. The van der Waals surface area contributed by atoms with Gasteiger partial charge in [0.25, 0.3) is 0 Å². The molecule has 6 N–H and O–H groups in total. The van der Waals surface area contributed by atoms with Gasteiger partial charge in [0.2, 0.25) is 0 Å². The molecule has 7 nitrogen and oxygen atoms in total. The summed E-state index contributed by atoms with van der Waals surface area (Å²) < 4.78 is 18.6. The van der Waals surface area contributed by atoms with Gasteiger partial charge < -0.3 is 26.1 Å². The van der Waals surface area contributed by atoms with Crippen molar-refractivity contribution in [1.29, 1.82) is 0 Å². The molecule has 26 heavy (non-hydrogen) atoms. The number of fused-ring (bicyclic) bond motifs is 1. The number of halogens is 1. The first-order valence-electron chi connectivity index (χ1n) is 7.80. The van der Waals surface area contributed by atoms with Crippen LogP contribution in [-0.4, -0.2) is 41.5 Å². The third kappa shape index (κ3) is 5.98. The lowest BCUT2D eigenvalue weighted by Crippen LogP contribution is -2.09. The molecule has 1 aromatic rings. The van der Waals surface area contributed by atoms with Crippen LogP contribution in [-0.2, 0) is 9.53 Å². The molecule has 144 valence electrons. The number of allylic oxidation sites excluding steroid dienone is 2. The van der Waals surface area contributed by atoms with Crippen LogP contribution in [0.25, 0.3) is 6.08 Å². The van der Waals surface area contributed by atoms with Crippen molar-refractivity contribution in [3.05, 3.63) is 41.2 Å². The zero-order valence-corrected chi connectivity index (χ0v) is 14.5. The van der Waals surface area contributed by atoms with E-state index in [4.69, 9.17) is 4.74 Å². The number of carbonyl (C=O) groups is 2. The number of phenols is 1. The van der Waals surface area contributed by atoms with Gasteiger partial charge in [0.15, 0.2) is 11.6 Å². The Bertz CT molecular complexity index is 699. The lowest BCUT2D eigenvalue weighted by molar-refractivity contribution is -0.117. The number of phenolic OH excluding ortho intramolecular Hbond substituents is 1. The van der Waals surface area contributed by atoms with Gasteiger partial charge in [0.05, 0.1) is 6.61 Å². The van der Waals surface area contributed by atoms with E-state index in [0.29, 0.717) is 24.1 Å². The first kappa shape index (κ1) is 23.3. The van der Waals surface area contributed by atoms with Crippen LogP contribution in [0.5, 0.6) is 5.75 Å². The van der Waals surface area contributed by atoms with Crippen molar-refractivity contribution in [2.45, 2.75) is 25.7 Å². The number of Topliss-reactive ketones (excluding diaryl/α,β-unsaturated/α-hetero) is 1. The van der Waals surface area contributed by atoms with Crippen LogP contribution in [0.1, 0.15) is 41.6 Å². The fourth-order valence-electron chi connectivity index (χ4n) is 2.38. The Morgan fingerprint density at radius 2 is 1.92 bits per heavy atom. The lowest BCUT2D eigenvalue weighted by Gasteiger charge is -2.11. The smallest absolute Gasteiger partial charge is 0.342 e. The maximum Gasteiger partial charge on any atom is 0.342 e. The molecule has 0 saturated carbocycles. The average Bonchev–Trinajstić information content (AvgIpc) is 2.56. The number of ketones is 1. The summed E-state index contributed by atoms with van der Waals surface area (Å²) in [6.45, 7) is -0.0735. The molecule has 0 spiro atoms. The van der Waals surface area contributed by atoms with E-state index in [2.05, 4.69) is 5.32 Å². The summed E-state index contributed by atoms with van der Waals surface area (Å²) in [7, 11) is 1.71. The maximum atomic E-state index is 13.5. The second-order valence-electron chi connectivity index (χ2n) is 5.40. The van der Waals surface area contributed by atoms with Gasteiger partial charge in [0, 0.05) is 31.6 Å². The zero-order chi connectivity index (χ0) is 17.5. The highest BCUT2D eigenvalue weighted by molar-refractivity contribution is 5.97. The average molecular weight is 369 g/mol. The molecule has 0 aliphatic carbocycles. The first-order valence-corrected chi connectivity index (χ1v) is 7.80. The van der Waals surface area contributed by atoms with Gasteiger partial charge in [0.1, 0.15) is 11.3 Å². The van der Waals surface area contributed by atoms with Crippen molar-refractivity contribution >= 4 is 23.5 Å². The van der Waals surface area contributed by atoms with Crippen LogP contribution in [0.15, 0.2) is 30.1 Å². The Labute approximate surface area is 150 Å². The molecule has 0 amide bonds. The summed E-state index contributed by atoms with van der Waals surface area (Å²) in [6.07, 6.45) is 5.89. The number of benzene rings is 1. The number of cyclic esters (lactones) is 1. The predicted octanol–water partition coefficient (Wildman–Crippen LogP) is 1.95. The molecule has 0 unspecified atom stereocenters.